The number of hydrogen-bond acceptors (Lipinski definition) is 6. The van der Waals surface area contributed by atoms with E-state index in [9.17, 15) is 0 Å². The molecule has 10 aromatic carbocycles. The summed E-state index contributed by atoms with van der Waals surface area (Å²) >= 11 is 3.60. The van der Waals surface area contributed by atoms with E-state index in [1.165, 1.54) is 72.7 Å². The SMILES string of the molecule is c1ccc2cc3c(cc2c1)c1cc2ccccc2cc1n3-c1c(-c2nc(-c3ccc4c(c3)sc3ccccc34)nc(-c3ccc4c(c3)sc3ccccc34)n2)ccc2oc3ccccc3c12. The first-order valence-electron chi connectivity index (χ1n) is 22.1. The van der Waals surface area contributed by atoms with Crippen LogP contribution in [-0.4, -0.2) is 19.5 Å². The number of para-hydroxylation sites is 1. The molecule has 0 fully saturated rings. The second-order valence-corrected chi connectivity index (χ2v) is 19.3. The Bertz CT molecular complexity index is 4330. The van der Waals surface area contributed by atoms with Crippen LogP contribution in [0.2, 0.25) is 0 Å². The summed E-state index contributed by atoms with van der Waals surface area (Å²) in [4.78, 5) is 16.3. The second kappa shape index (κ2) is 13.6. The van der Waals surface area contributed by atoms with Crippen molar-refractivity contribution in [2.75, 3.05) is 0 Å². The molecule has 0 aliphatic carbocycles. The Morgan fingerprint density at radius 1 is 0.348 bits per heavy atom. The standard InChI is InChI=1S/C59H32N4OS2/c1-3-13-35-29-47-45(27-33(35)11-1)46-28-34-12-2-4-14-36(34)30-48(46)63(47)56-44(25-26-50-55(56)43-17-5-8-18-49(43)64-50)59-61-57(37-21-23-41-39-15-6-9-19-51(39)65-53(41)31-37)60-58(62-59)38-22-24-42-40-16-7-10-20-52(40)66-54(42)32-38/h1-32H. The lowest BCUT2D eigenvalue weighted by Gasteiger charge is -2.16. The van der Waals surface area contributed by atoms with Crippen LogP contribution in [0.1, 0.15) is 0 Å². The van der Waals surface area contributed by atoms with Crippen LogP contribution in [0.25, 0.3) is 145 Å². The Balaban J connectivity index is 1.07. The molecule has 0 aliphatic heterocycles. The van der Waals surface area contributed by atoms with Crippen molar-refractivity contribution < 1.29 is 4.42 Å². The molecule has 0 amide bonds. The molecule has 66 heavy (non-hydrogen) atoms. The monoisotopic (exact) mass is 876 g/mol. The summed E-state index contributed by atoms with van der Waals surface area (Å²) in [7, 11) is 0. The predicted octanol–water partition coefficient (Wildman–Crippen LogP) is 16.9. The van der Waals surface area contributed by atoms with Crippen LogP contribution in [0, 0.1) is 0 Å². The molecule has 0 N–H and O–H groups in total. The van der Waals surface area contributed by atoms with Gasteiger partial charge in [0.2, 0.25) is 0 Å². The quantitative estimate of drug-likeness (QED) is 0.177. The van der Waals surface area contributed by atoms with Crippen molar-refractivity contribution >= 4 is 128 Å². The average molecular weight is 877 g/mol. The van der Waals surface area contributed by atoms with Gasteiger partial charge in [0.1, 0.15) is 11.2 Å². The molecule has 7 heteroatoms. The topological polar surface area (TPSA) is 56.7 Å². The van der Waals surface area contributed by atoms with Gasteiger partial charge in [-0.3, -0.25) is 0 Å². The van der Waals surface area contributed by atoms with Gasteiger partial charge in [0.25, 0.3) is 0 Å². The van der Waals surface area contributed by atoms with E-state index in [2.05, 4.69) is 193 Å². The minimum Gasteiger partial charge on any atom is -0.456 e. The van der Waals surface area contributed by atoms with Crippen LogP contribution in [0.5, 0.6) is 0 Å². The second-order valence-electron chi connectivity index (χ2n) is 17.1. The van der Waals surface area contributed by atoms with Crippen LogP contribution >= 0.6 is 22.7 Å². The fourth-order valence-corrected chi connectivity index (χ4v) is 12.6. The zero-order chi connectivity index (χ0) is 43.0. The molecular weight excluding hydrogens is 845 g/mol. The molecule has 0 spiro atoms. The lowest BCUT2D eigenvalue weighted by atomic mass is 10.0. The Kier molecular flexibility index (Phi) is 7.47. The summed E-state index contributed by atoms with van der Waals surface area (Å²) < 4.78 is 14.1. The highest BCUT2D eigenvalue weighted by Crippen LogP contribution is 2.45. The number of nitrogens with zero attached hydrogens (tertiary/aromatic N) is 4. The van der Waals surface area contributed by atoms with Crippen molar-refractivity contribution in [2.45, 2.75) is 0 Å². The largest absolute Gasteiger partial charge is 0.456 e. The van der Waals surface area contributed by atoms with E-state index in [4.69, 9.17) is 19.4 Å². The van der Waals surface area contributed by atoms with Gasteiger partial charge in [0.15, 0.2) is 17.5 Å². The summed E-state index contributed by atoms with van der Waals surface area (Å²) in [5.41, 5.74) is 7.53. The number of fused-ring (bicyclic) bond motifs is 14. The minimum atomic E-state index is 0.585. The number of hydrogen-bond donors (Lipinski definition) is 0. The van der Waals surface area contributed by atoms with Crippen molar-refractivity contribution in [3.8, 4) is 39.9 Å². The summed E-state index contributed by atoms with van der Waals surface area (Å²) in [6.45, 7) is 0. The Morgan fingerprint density at radius 2 is 0.818 bits per heavy atom. The molecule has 0 saturated heterocycles. The van der Waals surface area contributed by atoms with E-state index in [0.29, 0.717) is 17.5 Å². The van der Waals surface area contributed by atoms with Gasteiger partial charge in [-0.15, -0.1) is 22.7 Å². The molecule has 15 aromatic rings. The van der Waals surface area contributed by atoms with Crippen molar-refractivity contribution in [3.63, 3.8) is 0 Å². The van der Waals surface area contributed by atoms with Crippen molar-refractivity contribution in [1.82, 2.24) is 19.5 Å². The molecule has 0 radical (unpaired) electrons. The first-order chi connectivity index (χ1) is 32.7. The molecule has 0 bridgehead atoms. The van der Waals surface area contributed by atoms with Crippen molar-refractivity contribution in [3.05, 3.63) is 194 Å². The molecule has 0 aliphatic rings. The molecule has 0 unspecified atom stereocenters. The van der Waals surface area contributed by atoms with E-state index in [1.54, 1.807) is 22.7 Å². The zero-order valence-electron chi connectivity index (χ0n) is 35.0. The summed E-state index contributed by atoms with van der Waals surface area (Å²) in [6.07, 6.45) is 0. The van der Waals surface area contributed by atoms with Crippen LogP contribution < -0.4 is 0 Å². The van der Waals surface area contributed by atoms with Gasteiger partial charge in [-0.2, -0.15) is 0 Å². The Labute approximate surface area is 384 Å². The first kappa shape index (κ1) is 36.1. The Hall–Kier alpha value is -8.23. The number of benzene rings is 10. The molecule has 5 aromatic heterocycles. The molecule has 5 nitrogen and oxygen atoms in total. The molecule has 0 saturated carbocycles. The highest BCUT2D eigenvalue weighted by atomic mass is 32.1. The molecule has 5 heterocycles. The van der Waals surface area contributed by atoms with E-state index in [0.717, 1.165) is 55.3 Å². The fraction of sp³-hybridized carbons (Fsp3) is 0. The molecule has 15 rings (SSSR count). The Morgan fingerprint density at radius 3 is 1.39 bits per heavy atom. The van der Waals surface area contributed by atoms with Gasteiger partial charge in [0, 0.05) is 73.2 Å². The maximum absolute atomic E-state index is 6.70. The lowest BCUT2D eigenvalue weighted by molar-refractivity contribution is 0.669. The minimum absolute atomic E-state index is 0.585. The van der Waals surface area contributed by atoms with Crippen LogP contribution in [0.15, 0.2) is 199 Å². The first-order valence-corrected chi connectivity index (χ1v) is 23.7. The van der Waals surface area contributed by atoms with E-state index in [-0.39, 0.29) is 0 Å². The van der Waals surface area contributed by atoms with E-state index in [1.807, 2.05) is 6.07 Å². The van der Waals surface area contributed by atoms with Gasteiger partial charge in [-0.25, -0.2) is 15.0 Å². The number of furan rings is 1. The normalized spacial score (nSPS) is 12.2. The third-order valence-electron chi connectivity index (χ3n) is 13.4. The predicted molar refractivity (Wildman–Crippen MR) is 279 cm³/mol. The highest BCUT2D eigenvalue weighted by molar-refractivity contribution is 7.26. The van der Waals surface area contributed by atoms with Gasteiger partial charge in [0.05, 0.1) is 22.1 Å². The van der Waals surface area contributed by atoms with Crippen LogP contribution in [0.3, 0.4) is 0 Å². The number of thiophene rings is 2. The maximum atomic E-state index is 6.70. The zero-order valence-corrected chi connectivity index (χ0v) is 36.6. The fourth-order valence-electron chi connectivity index (χ4n) is 10.3. The maximum Gasteiger partial charge on any atom is 0.166 e. The van der Waals surface area contributed by atoms with E-state index >= 15 is 0 Å². The van der Waals surface area contributed by atoms with E-state index < -0.39 is 0 Å². The van der Waals surface area contributed by atoms with Crippen LogP contribution in [-0.2, 0) is 0 Å². The third kappa shape index (κ3) is 5.29. The average Bonchev–Trinajstić information content (AvgIpc) is 4.13. The number of rotatable bonds is 4. The van der Waals surface area contributed by atoms with Crippen molar-refractivity contribution in [1.29, 1.82) is 0 Å². The summed E-state index contributed by atoms with van der Waals surface area (Å²) in [5, 5.41) is 14.1. The molecule has 0 atom stereocenters. The van der Waals surface area contributed by atoms with Gasteiger partial charge in [-0.05, 0) is 88.3 Å². The number of aromatic nitrogens is 4. The summed E-state index contributed by atoms with van der Waals surface area (Å²) in [5.74, 6) is 1.82. The van der Waals surface area contributed by atoms with Gasteiger partial charge < -0.3 is 8.98 Å². The van der Waals surface area contributed by atoms with Crippen LogP contribution in [0.4, 0.5) is 0 Å². The molecular formula is C59H32N4OS2. The van der Waals surface area contributed by atoms with Gasteiger partial charge >= 0.3 is 0 Å². The lowest BCUT2D eigenvalue weighted by Crippen LogP contribution is -2.04. The van der Waals surface area contributed by atoms with Crippen molar-refractivity contribution in [2.24, 2.45) is 0 Å². The third-order valence-corrected chi connectivity index (χ3v) is 15.7. The van der Waals surface area contributed by atoms with Gasteiger partial charge in [-0.1, -0.05) is 127 Å². The smallest absolute Gasteiger partial charge is 0.166 e. The highest BCUT2D eigenvalue weighted by Gasteiger charge is 2.25. The summed E-state index contributed by atoms with van der Waals surface area (Å²) in [6, 6.07) is 69.7. The molecule has 306 valence electrons.